The Kier molecular flexibility index (Phi) is 6.77. The fourth-order valence-electron chi connectivity index (χ4n) is 2.62. The molecule has 156 valence electrons. The molecule has 0 saturated carbocycles. The van der Waals surface area contributed by atoms with Gasteiger partial charge in [0.2, 0.25) is 10.0 Å². The summed E-state index contributed by atoms with van der Waals surface area (Å²) in [4.78, 5) is 12.6. The summed E-state index contributed by atoms with van der Waals surface area (Å²) < 4.78 is 31.4. The minimum atomic E-state index is -3.68. The van der Waals surface area contributed by atoms with Crippen LogP contribution in [0.3, 0.4) is 0 Å². The van der Waals surface area contributed by atoms with Crippen molar-refractivity contribution < 1.29 is 17.9 Å². The summed E-state index contributed by atoms with van der Waals surface area (Å²) in [6, 6.07) is 20.7. The molecule has 0 aromatic heterocycles. The highest BCUT2D eigenvalue weighted by atomic mass is 35.5. The first kappa shape index (κ1) is 21.8. The molecule has 6 nitrogen and oxygen atoms in total. The third-order valence-corrected chi connectivity index (χ3v) is 6.46. The molecule has 1 amide bonds. The van der Waals surface area contributed by atoms with Crippen molar-refractivity contribution in [3.63, 3.8) is 0 Å². The van der Waals surface area contributed by atoms with Gasteiger partial charge in [-0.25, -0.2) is 12.7 Å². The fraction of sp³-hybridized carbons (Fsp3) is 0.136. The van der Waals surface area contributed by atoms with Gasteiger partial charge in [-0.05, 0) is 48.0 Å². The van der Waals surface area contributed by atoms with Crippen molar-refractivity contribution in [3.8, 4) is 5.75 Å². The molecular formula is C22H21ClN2O4S. The molecule has 0 saturated heterocycles. The quantitative estimate of drug-likeness (QED) is 0.585. The largest absolute Gasteiger partial charge is 0.489 e. The molecule has 0 fully saturated rings. The van der Waals surface area contributed by atoms with E-state index in [4.69, 9.17) is 16.3 Å². The molecule has 3 rings (SSSR count). The predicted molar refractivity (Wildman–Crippen MR) is 117 cm³/mol. The van der Waals surface area contributed by atoms with Crippen molar-refractivity contribution in [1.29, 1.82) is 0 Å². The third kappa shape index (κ3) is 5.18. The number of sulfonamides is 1. The molecule has 0 heterocycles. The van der Waals surface area contributed by atoms with Gasteiger partial charge in [-0.2, -0.15) is 0 Å². The monoisotopic (exact) mass is 444 g/mol. The van der Waals surface area contributed by atoms with E-state index in [-0.39, 0.29) is 15.5 Å². The molecule has 3 aromatic carbocycles. The summed E-state index contributed by atoms with van der Waals surface area (Å²) >= 11 is 6.12. The van der Waals surface area contributed by atoms with Gasteiger partial charge in [-0.1, -0.05) is 41.9 Å². The number of anilines is 1. The third-order valence-electron chi connectivity index (χ3n) is 4.32. The van der Waals surface area contributed by atoms with E-state index in [2.05, 4.69) is 5.32 Å². The Balaban J connectivity index is 1.70. The molecule has 0 spiro atoms. The zero-order valence-corrected chi connectivity index (χ0v) is 18.1. The van der Waals surface area contributed by atoms with Crippen LogP contribution in [-0.2, 0) is 16.6 Å². The lowest BCUT2D eigenvalue weighted by Crippen LogP contribution is -2.23. The number of rotatable bonds is 7. The first-order valence-electron chi connectivity index (χ1n) is 9.07. The Hall–Kier alpha value is -2.87. The van der Waals surface area contributed by atoms with Crippen LogP contribution in [-0.4, -0.2) is 32.7 Å². The van der Waals surface area contributed by atoms with E-state index in [9.17, 15) is 13.2 Å². The van der Waals surface area contributed by atoms with Gasteiger partial charge in [0.05, 0.1) is 15.5 Å². The molecule has 30 heavy (non-hydrogen) atoms. The molecule has 0 radical (unpaired) electrons. The number of hydrogen-bond donors (Lipinski definition) is 1. The van der Waals surface area contributed by atoms with Crippen LogP contribution >= 0.6 is 11.6 Å². The van der Waals surface area contributed by atoms with Crippen molar-refractivity contribution in [3.05, 3.63) is 88.9 Å². The lowest BCUT2D eigenvalue weighted by atomic mass is 10.2. The van der Waals surface area contributed by atoms with E-state index in [1.807, 2.05) is 30.3 Å². The summed E-state index contributed by atoms with van der Waals surface area (Å²) in [6.07, 6.45) is 0. The maximum Gasteiger partial charge on any atom is 0.257 e. The molecule has 0 aliphatic carbocycles. The van der Waals surface area contributed by atoms with Gasteiger partial charge >= 0.3 is 0 Å². The Bertz CT molecular complexity index is 1130. The topological polar surface area (TPSA) is 75.7 Å². The number of ether oxygens (including phenoxy) is 1. The average molecular weight is 445 g/mol. The van der Waals surface area contributed by atoms with Crippen LogP contribution in [0.4, 0.5) is 5.69 Å². The minimum Gasteiger partial charge on any atom is -0.489 e. The van der Waals surface area contributed by atoms with Gasteiger partial charge in [0.1, 0.15) is 12.4 Å². The van der Waals surface area contributed by atoms with Crippen LogP contribution in [0, 0.1) is 0 Å². The van der Waals surface area contributed by atoms with Crippen molar-refractivity contribution in [2.45, 2.75) is 11.5 Å². The summed E-state index contributed by atoms with van der Waals surface area (Å²) in [5.41, 5.74) is 1.66. The fourth-order valence-corrected chi connectivity index (χ4v) is 3.76. The van der Waals surface area contributed by atoms with E-state index < -0.39 is 15.9 Å². The van der Waals surface area contributed by atoms with Crippen LogP contribution in [0.5, 0.6) is 5.75 Å². The number of amides is 1. The van der Waals surface area contributed by atoms with Crippen LogP contribution < -0.4 is 10.1 Å². The summed E-state index contributed by atoms with van der Waals surface area (Å²) in [5.74, 6) is 0.155. The van der Waals surface area contributed by atoms with Crippen molar-refractivity contribution in [1.82, 2.24) is 4.31 Å². The Morgan fingerprint density at radius 3 is 2.30 bits per heavy atom. The Labute approximate surface area is 181 Å². The van der Waals surface area contributed by atoms with Crippen LogP contribution in [0.2, 0.25) is 5.02 Å². The molecule has 0 atom stereocenters. The highest BCUT2D eigenvalue weighted by molar-refractivity contribution is 7.89. The number of nitrogens with zero attached hydrogens (tertiary/aromatic N) is 1. The van der Waals surface area contributed by atoms with E-state index in [0.29, 0.717) is 18.0 Å². The van der Waals surface area contributed by atoms with Gasteiger partial charge in [0.15, 0.2) is 0 Å². The minimum absolute atomic E-state index is 0.00768. The van der Waals surface area contributed by atoms with Gasteiger partial charge in [-0.15, -0.1) is 0 Å². The zero-order chi connectivity index (χ0) is 21.7. The van der Waals surface area contributed by atoms with Gasteiger partial charge in [0.25, 0.3) is 5.91 Å². The number of carbonyl (C=O) groups excluding carboxylic acids is 1. The number of hydrogen-bond acceptors (Lipinski definition) is 4. The summed E-state index contributed by atoms with van der Waals surface area (Å²) in [7, 11) is -0.836. The smallest absolute Gasteiger partial charge is 0.257 e. The standard InChI is InChI=1S/C22H21ClN2O4S/c1-25(2)30(27,28)19-12-13-21(23)20(14-19)22(26)24-17-8-10-18(11-9-17)29-15-16-6-4-3-5-7-16/h3-14H,15H2,1-2H3,(H,24,26). The second-order valence-corrected chi connectivity index (χ2v) is 9.24. The number of halogens is 1. The molecule has 0 unspecified atom stereocenters. The second-order valence-electron chi connectivity index (χ2n) is 6.68. The maximum absolute atomic E-state index is 12.6. The highest BCUT2D eigenvalue weighted by Gasteiger charge is 2.20. The SMILES string of the molecule is CN(C)S(=O)(=O)c1ccc(Cl)c(C(=O)Nc2ccc(OCc3ccccc3)cc2)c1. The lowest BCUT2D eigenvalue weighted by Gasteiger charge is -2.13. The number of carbonyl (C=O) groups is 1. The lowest BCUT2D eigenvalue weighted by molar-refractivity contribution is 0.102. The molecule has 0 aliphatic rings. The molecule has 0 aliphatic heterocycles. The molecular weight excluding hydrogens is 424 g/mol. The molecule has 3 aromatic rings. The first-order chi connectivity index (χ1) is 14.3. The Morgan fingerprint density at radius 2 is 1.67 bits per heavy atom. The average Bonchev–Trinajstić information content (AvgIpc) is 2.74. The Morgan fingerprint density at radius 1 is 1.00 bits per heavy atom. The van der Waals surface area contributed by atoms with Crippen molar-refractivity contribution in [2.75, 3.05) is 19.4 Å². The predicted octanol–water partition coefficient (Wildman–Crippen LogP) is 4.42. The zero-order valence-electron chi connectivity index (χ0n) is 16.5. The van der Waals surface area contributed by atoms with Crippen LogP contribution in [0.15, 0.2) is 77.7 Å². The van der Waals surface area contributed by atoms with Gasteiger partial charge in [-0.3, -0.25) is 4.79 Å². The van der Waals surface area contributed by atoms with Crippen molar-refractivity contribution >= 4 is 33.2 Å². The second kappa shape index (κ2) is 9.30. The highest BCUT2D eigenvalue weighted by Crippen LogP contribution is 2.24. The number of benzene rings is 3. The molecule has 8 heteroatoms. The summed E-state index contributed by atoms with van der Waals surface area (Å²) in [5, 5.41) is 2.88. The molecule has 0 bridgehead atoms. The normalized spacial score (nSPS) is 11.3. The van der Waals surface area contributed by atoms with E-state index >= 15 is 0 Å². The van der Waals surface area contributed by atoms with E-state index in [0.717, 1.165) is 9.87 Å². The van der Waals surface area contributed by atoms with Crippen molar-refractivity contribution in [2.24, 2.45) is 0 Å². The van der Waals surface area contributed by atoms with Crippen LogP contribution in [0.1, 0.15) is 15.9 Å². The van der Waals surface area contributed by atoms with E-state index in [1.54, 1.807) is 24.3 Å². The first-order valence-corrected chi connectivity index (χ1v) is 10.9. The van der Waals surface area contributed by atoms with Gasteiger partial charge in [0, 0.05) is 19.8 Å². The molecule has 1 N–H and O–H groups in total. The summed E-state index contributed by atoms with van der Waals surface area (Å²) in [6.45, 7) is 0.440. The van der Waals surface area contributed by atoms with E-state index in [1.165, 1.54) is 32.3 Å². The van der Waals surface area contributed by atoms with Gasteiger partial charge < -0.3 is 10.1 Å². The van der Waals surface area contributed by atoms with Crippen LogP contribution in [0.25, 0.3) is 0 Å². The maximum atomic E-state index is 12.6. The number of nitrogens with one attached hydrogen (secondary N) is 1.